The largest absolute Gasteiger partial charge is 0.202 e. The van der Waals surface area contributed by atoms with E-state index in [0.29, 0.717) is 0 Å². The average molecular weight is 224 g/mol. The van der Waals surface area contributed by atoms with E-state index in [1.54, 1.807) is 5.25 Å². The zero-order chi connectivity index (χ0) is 10.9. The van der Waals surface area contributed by atoms with Gasteiger partial charge in [-0.15, -0.1) is 6.42 Å². The molecule has 74 valence electrons. The van der Waals surface area contributed by atoms with Crippen molar-refractivity contribution in [3.63, 3.8) is 0 Å². The molecular weight excluding hydrogens is 223 g/mol. The summed E-state index contributed by atoms with van der Waals surface area (Å²) in [6, 6.07) is 0. The van der Waals surface area contributed by atoms with Crippen LogP contribution in [0.1, 0.15) is 0 Å². The molecule has 0 atom stereocenters. The first-order chi connectivity index (χ1) is 6.50. The van der Waals surface area contributed by atoms with Gasteiger partial charge in [0.05, 0.1) is 4.90 Å². The van der Waals surface area contributed by atoms with E-state index in [4.69, 9.17) is 0 Å². The number of halogens is 5. The Morgan fingerprint density at radius 3 is 1.50 bits per heavy atom. The molecule has 0 saturated heterocycles. The molecule has 14 heavy (non-hydrogen) atoms. The van der Waals surface area contributed by atoms with Crippen LogP contribution in [0.2, 0.25) is 0 Å². The second-order valence-corrected chi connectivity index (χ2v) is 2.97. The molecule has 0 bridgehead atoms. The zero-order valence-electron chi connectivity index (χ0n) is 6.38. The van der Waals surface area contributed by atoms with Crippen molar-refractivity contribution in [3.05, 3.63) is 29.1 Å². The van der Waals surface area contributed by atoms with Gasteiger partial charge in [-0.05, 0) is 17.0 Å². The third-order valence-electron chi connectivity index (χ3n) is 1.33. The van der Waals surface area contributed by atoms with Crippen molar-refractivity contribution in [2.24, 2.45) is 0 Å². The first-order valence-corrected chi connectivity index (χ1v) is 3.96. The Balaban J connectivity index is 3.53. The molecule has 0 aromatic heterocycles. The molecule has 0 fully saturated rings. The molecule has 6 heteroatoms. The molecule has 1 aromatic carbocycles. The van der Waals surface area contributed by atoms with E-state index < -0.39 is 34.0 Å². The lowest BCUT2D eigenvalue weighted by molar-refractivity contribution is 0.361. The van der Waals surface area contributed by atoms with Gasteiger partial charge in [0.1, 0.15) is 0 Å². The number of thioether (sulfide) groups is 1. The second-order valence-electron chi connectivity index (χ2n) is 2.12. The summed E-state index contributed by atoms with van der Waals surface area (Å²) in [4.78, 5) is -1.07. The van der Waals surface area contributed by atoms with Gasteiger partial charge in [0.15, 0.2) is 23.3 Å². The van der Waals surface area contributed by atoms with Crippen molar-refractivity contribution in [1.29, 1.82) is 0 Å². The van der Waals surface area contributed by atoms with E-state index in [0.717, 1.165) is 0 Å². The summed E-state index contributed by atoms with van der Waals surface area (Å²) in [5.41, 5.74) is 0. The molecule has 0 unspecified atom stereocenters. The number of terminal acetylenes is 1. The molecule has 0 nitrogen and oxygen atoms in total. The summed E-state index contributed by atoms with van der Waals surface area (Å²) >= 11 is 0.0967. The van der Waals surface area contributed by atoms with Crippen LogP contribution in [0.4, 0.5) is 22.0 Å². The van der Waals surface area contributed by atoms with E-state index in [9.17, 15) is 22.0 Å². The minimum Gasteiger partial charge on any atom is -0.202 e. The van der Waals surface area contributed by atoms with Gasteiger partial charge < -0.3 is 0 Å². The Bertz CT molecular complexity index is 392. The third kappa shape index (κ3) is 1.55. The fourth-order valence-corrected chi connectivity index (χ4v) is 1.21. The SMILES string of the molecule is C#CSc1c(F)c(F)c(F)c(F)c1F. The van der Waals surface area contributed by atoms with Crippen molar-refractivity contribution in [2.45, 2.75) is 4.90 Å². The van der Waals surface area contributed by atoms with Gasteiger partial charge in [-0.1, -0.05) is 0 Å². The topological polar surface area (TPSA) is 0 Å². The monoisotopic (exact) mass is 224 g/mol. The Kier molecular flexibility index (Phi) is 3.01. The summed E-state index contributed by atoms with van der Waals surface area (Å²) in [6.07, 6.45) is 4.68. The Morgan fingerprint density at radius 2 is 1.14 bits per heavy atom. The summed E-state index contributed by atoms with van der Waals surface area (Å²) in [7, 11) is 0. The minimum atomic E-state index is -2.19. The van der Waals surface area contributed by atoms with Crippen LogP contribution < -0.4 is 0 Å². The van der Waals surface area contributed by atoms with Gasteiger partial charge in [0.2, 0.25) is 5.82 Å². The van der Waals surface area contributed by atoms with Gasteiger partial charge in [0.25, 0.3) is 0 Å². The predicted molar refractivity (Wildman–Crippen MR) is 40.9 cm³/mol. The van der Waals surface area contributed by atoms with Gasteiger partial charge >= 0.3 is 0 Å². The third-order valence-corrected chi connectivity index (χ3v) is 2.01. The minimum absolute atomic E-state index is 0.0967. The van der Waals surface area contributed by atoms with Crippen molar-refractivity contribution < 1.29 is 22.0 Å². The molecule has 0 aliphatic carbocycles. The lowest BCUT2D eigenvalue weighted by atomic mass is 10.3. The van der Waals surface area contributed by atoms with Crippen LogP contribution in [0, 0.1) is 40.8 Å². The fraction of sp³-hybridized carbons (Fsp3) is 0. The van der Waals surface area contributed by atoms with Gasteiger partial charge in [-0.3, -0.25) is 0 Å². The molecule has 0 spiro atoms. The van der Waals surface area contributed by atoms with E-state index in [1.165, 1.54) is 0 Å². The quantitative estimate of drug-likeness (QED) is 0.232. The smallest absolute Gasteiger partial charge is 0.200 e. The van der Waals surface area contributed by atoms with Crippen molar-refractivity contribution in [3.8, 4) is 11.7 Å². The highest BCUT2D eigenvalue weighted by Gasteiger charge is 2.25. The lowest BCUT2D eigenvalue weighted by Gasteiger charge is -2.03. The molecule has 0 amide bonds. The van der Waals surface area contributed by atoms with E-state index in [-0.39, 0.29) is 11.8 Å². The highest BCUT2D eigenvalue weighted by atomic mass is 32.2. The standard InChI is InChI=1S/C8HF5S/c1-2-14-8-6(12)4(10)3(9)5(11)7(8)13/h1H. The van der Waals surface area contributed by atoms with Crippen LogP contribution in [0.5, 0.6) is 0 Å². The summed E-state index contributed by atoms with van der Waals surface area (Å²) < 4.78 is 62.9. The first kappa shape index (κ1) is 10.9. The second kappa shape index (κ2) is 3.88. The van der Waals surface area contributed by atoms with Crippen LogP contribution in [0.25, 0.3) is 0 Å². The maximum atomic E-state index is 12.8. The predicted octanol–water partition coefficient (Wildman–Crippen LogP) is 3.06. The van der Waals surface area contributed by atoms with Crippen LogP contribution >= 0.6 is 11.8 Å². The van der Waals surface area contributed by atoms with E-state index in [2.05, 4.69) is 6.42 Å². The van der Waals surface area contributed by atoms with Crippen molar-refractivity contribution in [2.75, 3.05) is 0 Å². The Morgan fingerprint density at radius 1 is 0.786 bits per heavy atom. The molecule has 0 radical (unpaired) electrons. The fourth-order valence-electron chi connectivity index (χ4n) is 0.733. The van der Waals surface area contributed by atoms with E-state index in [1.807, 2.05) is 0 Å². The summed E-state index contributed by atoms with van der Waals surface area (Å²) in [6.45, 7) is 0. The molecule has 1 aromatic rings. The van der Waals surface area contributed by atoms with Gasteiger partial charge in [-0.25, -0.2) is 22.0 Å². The van der Waals surface area contributed by atoms with Gasteiger partial charge in [-0.2, -0.15) is 0 Å². The molecule has 0 aliphatic rings. The number of benzene rings is 1. The van der Waals surface area contributed by atoms with Crippen LogP contribution in [0.15, 0.2) is 4.90 Å². The van der Waals surface area contributed by atoms with Crippen LogP contribution in [-0.2, 0) is 0 Å². The number of rotatable bonds is 1. The normalized spacial score (nSPS) is 10.0. The van der Waals surface area contributed by atoms with Crippen LogP contribution in [0.3, 0.4) is 0 Å². The molecule has 0 aliphatic heterocycles. The number of hydrogen-bond donors (Lipinski definition) is 0. The van der Waals surface area contributed by atoms with Crippen molar-refractivity contribution in [1.82, 2.24) is 0 Å². The maximum absolute atomic E-state index is 12.8. The highest BCUT2D eigenvalue weighted by Crippen LogP contribution is 2.29. The number of hydrogen-bond acceptors (Lipinski definition) is 1. The maximum Gasteiger partial charge on any atom is 0.200 e. The molecular formula is C8HF5S. The molecule has 0 N–H and O–H groups in total. The van der Waals surface area contributed by atoms with Crippen LogP contribution in [-0.4, -0.2) is 0 Å². The lowest BCUT2D eigenvalue weighted by Crippen LogP contribution is -2.02. The zero-order valence-corrected chi connectivity index (χ0v) is 7.19. The molecule has 1 rings (SSSR count). The highest BCUT2D eigenvalue weighted by molar-refractivity contribution is 8.03. The van der Waals surface area contributed by atoms with E-state index >= 15 is 0 Å². The van der Waals surface area contributed by atoms with Crippen molar-refractivity contribution >= 4 is 11.8 Å². The Labute approximate surface area is 80.1 Å². The summed E-state index contributed by atoms with van der Waals surface area (Å²) in [5.74, 6) is -10.0. The molecule has 0 saturated carbocycles. The first-order valence-electron chi connectivity index (χ1n) is 3.14. The van der Waals surface area contributed by atoms with Gasteiger partial charge in [0, 0.05) is 0 Å². The Hall–Kier alpha value is -1.22. The average Bonchev–Trinajstić information content (AvgIpc) is 2.19. The summed E-state index contributed by atoms with van der Waals surface area (Å²) in [5, 5.41) is 1.72. The molecule has 0 heterocycles.